The van der Waals surface area contributed by atoms with Crippen LogP contribution in [0.4, 0.5) is 0 Å². The van der Waals surface area contributed by atoms with Crippen LogP contribution >= 0.6 is 0 Å². The summed E-state index contributed by atoms with van der Waals surface area (Å²) in [7, 11) is 1.58. The van der Waals surface area contributed by atoms with Crippen LogP contribution in [0, 0.1) is 0 Å². The molecule has 1 aromatic carbocycles. The number of methoxy groups -OCH3 is 1. The van der Waals surface area contributed by atoms with E-state index in [9.17, 15) is 4.79 Å². The molecule has 1 rings (SSSR count). The molecule has 1 aromatic rings. The molecule has 19 heavy (non-hydrogen) atoms. The first-order valence-electron chi connectivity index (χ1n) is 6.34. The van der Waals surface area contributed by atoms with Crippen molar-refractivity contribution in [3.8, 4) is 5.75 Å². The summed E-state index contributed by atoms with van der Waals surface area (Å²) in [6, 6.07) is 6.99. The maximum atomic E-state index is 12.2. The Hall–Kier alpha value is -1.59. The van der Waals surface area contributed by atoms with Gasteiger partial charge in [-0.3, -0.25) is 4.79 Å². The van der Waals surface area contributed by atoms with E-state index in [1.54, 1.807) is 36.3 Å². The van der Waals surface area contributed by atoms with Crippen molar-refractivity contribution < 1.29 is 19.4 Å². The van der Waals surface area contributed by atoms with E-state index in [-0.39, 0.29) is 12.5 Å². The summed E-state index contributed by atoms with van der Waals surface area (Å²) in [4.78, 5) is 13.8. The number of hydrogen-bond acceptors (Lipinski definition) is 4. The highest BCUT2D eigenvalue weighted by molar-refractivity contribution is 5.94. The molecular weight excluding hydrogens is 246 g/mol. The Bertz CT molecular complexity index is 378. The van der Waals surface area contributed by atoms with Gasteiger partial charge in [0.25, 0.3) is 5.91 Å². The van der Waals surface area contributed by atoms with Crippen LogP contribution in [0.3, 0.4) is 0 Å². The summed E-state index contributed by atoms with van der Waals surface area (Å²) < 4.78 is 10.3. The van der Waals surface area contributed by atoms with Gasteiger partial charge in [0.1, 0.15) is 5.75 Å². The molecule has 5 heteroatoms. The summed E-state index contributed by atoms with van der Waals surface area (Å²) in [6.45, 7) is 3.65. The first-order chi connectivity index (χ1) is 9.22. The molecule has 106 valence electrons. The molecule has 0 saturated carbocycles. The molecule has 0 radical (unpaired) electrons. The largest absolute Gasteiger partial charge is 0.494 e. The number of benzene rings is 1. The third-order valence-corrected chi connectivity index (χ3v) is 2.63. The van der Waals surface area contributed by atoms with Gasteiger partial charge < -0.3 is 19.5 Å². The van der Waals surface area contributed by atoms with E-state index < -0.39 is 0 Å². The smallest absolute Gasteiger partial charge is 0.254 e. The molecular formula is C14H21NO4. The van der Waals surface area contributed by atoms with E-state index in [1.165, 1.54) is 0 Å². The molecule has 0 atom stereocenters. The predicted octanol–water partition coefficient (Wildman–Crippen LogP) is 1.17. The summed E-state index contributed by atoms with van der Waals surface area (Å²) in [5.41, 5.74) is 0.577. The van der Waals surface area contributed by atoms with E-state index in [2.05, 4.69) is 0 Å². The van der Waals surface area contributed by atoms with Crippen molar-refractivity contribution in [2.24, 2.45) is 0 Å². The van der Waals surface area contributed by atoms with Crippen LogP contribution in [0.5, 0.6) is 5.75 Å². The lowest BCUT2D eigenvalue weighted by atomic mass is 10.2. The fourth-order valence-electron chi connectivity index (χ4n) is 1.68. The van der Waals surface area contributed by atoms with Gasteiger partial charge in [0.2, 0.25) is 0 Å². The second-order valence-electron chi connectivity index (χ2n) is 3.97. The highest BCUT2D eigenvalue weighted by Crippen LogP contribution is 2.13. The second-order valence-corrected chi connectivity index (χ2v) is 3.97. The minimum atomic E-state index is -0.117. The molecule has 1 N–H and O–H groups in total. The Morgan fingerprint density at radius 1 is 1.26 bits per heavy atom. The Morgan fingerprint density at radius 3 is 2.47 bits per heavy atom. The normalized spacial score (nSPS) is 10.3. The minimum absolute atomic E-state index is 0.0630. The maximum absolute atomic E-state index is 12.2. The van der Waals surface area contributed by atoms with Gasteiger partial charge in [0.05, 0.1) is 19.8 Å². The number of aliphatic hydroxyl groups excluding tert-OH is 1. The third kappa shape index (κ3) is 4.89. The van der Waals surface area contributed by atoms with E-state index in [0.717, 1.165) is 5.75 Å². The minimum Gasteiger partial charge on any atom is -0.494 e. The standard InChI is InChI=1S/C14H21NO4/c1-3-19-13-6-4-12(5-7-13)14(17)15(8-10-16)9-11-18-2/h4-7,16H,3,8-11H2,1-2H3. The lowest BCUT2D eigenvalue weighted by Gasteiger charge is -2.21. The maximum Gasteiger partial charge on any atom is 0.254 e. The molecule has 0 aromatic heterocycles. The number of hydrogen-bond donors (Lipinski definition) is 1. The van der Waals surface area contributed by atoms with Gasteiger partial charge in [-0.25, -0.2) is 0 Å². The number of rotatable bonds is 8. The highest BCUT2D eigenvalue weighted by Gasteiger charge is 2.14. The van der Waals surface area contributed by atoms with Gasteiger partial charge in [0, 0.05) is 25.8 Å². The summed E-state index contributed by atoms with van der Waals surface area (Å²) in [6.07, 6.45) is 0. The quantitative estimate of drug-likeness (QED) is 0.768. The molecule has 0 saturated heterocycles. The fraction of sp³-hybridized carbons (Fsp3) is 0.500. The first kappa shape index (κ1) is 15.5. The molecule has 0 bridgehead atoms. The van der Waals surface area contributed by atoms with Crippen molar-refractivity contribution in [3.63, 3.8) is 0 Å². The summed E-state index contributed by atoms with van der Waals surface area (Å²) in [5.74, 6) is 0.624. The van der Waals surface area contributed by atoms with Crippen LogP contribution in [0.2, 0.25) is 0 Å². The van der Waals surface area contributed by atoms with E-state index in [1.807, 2.05) is 6.92 Å². The molecule has 0 spiro atoms. The fourth-order valence-corrected chi connectivity index (χ4v) is 1.68. The summed E-state index contributed by atoms with van der Waals surface area (Å²) in [5, 5.41) is 8.99. The van der Waals surface area contributed by atoms with Crippen molar-refractivity contribution >= 4 is 5.91 Å². The first-order valence-corrected chi connectivity index (χ1v) is 6.34. The summed E-state index contributed by atoms with van der Waals surface area (Å²) >= 11 is 0. The molecule has 0 aliphatic rings. The van der Waals surface area contributed by atoms with Crippen molar-refractivity contribution in [1.29, 1.82) is 0 Å². The Labute approximate surface area is 113 Å². The Balaban J connectivity index is 2.71. The van der Waals surface area contributed by atoms with Gasteiger partial charge in [-0.1, -0.05) is 0 Å². The van der Waals surface area contributed by atoms with E-state index in [0.29, 0.717) is 31.9 Å². The molecule has 0 fully saturated rings. The average molecular weight is 267 g/mol. The monoisotopic (exact) mass is 267 g/mol. The van der Waals surface area contributed by atoms with Gasteiger partial charge in [0.15, 0.2) is 0 Å². The molecule has 5 nitrogen and oxygen atoms in total. The predicted molar refractivity (Wildman–Crippen MR) is 72.5 cm³/mol. The molecule has 0 unspecified atom stereocenters. The van der Waals surface area contributed by atoms with Crippen LogP contribution < -0.4 is 4.74 Å². The number of carbonyl (C=O) groups excluding carboxylic acids is 1. The zero-order valence-corrected chi connectivity index (χ0v) is 11.5. The number of ether oxygens (including phenoxy) is 2. The average Bonchev–Trinajstić information content (AvgIpc) is 2.44. The van der Waals surface area contributed by atoms with Gasteiger partial charge in [-0.05, 0) is 31.2 Å². The number of nitrogens with zero attached hydrogens (tertiary/aromatic N) is 1. The van der Waals surface area contributed by atoms with Crippen LogP contribution in [0.15, 0.2) is 24.3 Å². The lowest BCUT2D eigenvalue weighted by molar-refractivity contribution is 0.0656. The van der Waals surface area contributed by atoms with Gasteiger partial charge >= 0.3 is 0 Å². The van der Waals surface area contributed by atoms with E-state index >= 15 is 0 Å². The third-order valence-electron chi connectivity index (χ3n) is 2.63. The van der Waals surface area contributed by atoms with Crippen molar-refractivity contribution in [2.75, 3.05) is 40.0 Å². The Kier molecular flexibility index (Phi) is 6.92. The van der Waals surface area contributed by atoms with Crippen LogP contribution in [0.25, 0.3) is 0 Å². The van der Waals surface area contributed by atoms with Crippen molar-refractivity contribution in [2.45, 2.75) is 6.92 Å². The van der Waals surface area contributed by atoms with E-state index in [4.69, 9.17) is 14.6 Å². The van der Waals surface area contributed by atoms with Crippen LogP contribution in [0.1, 0.15) is 17.3 Å². The SMILES string of the molecule is CCOc1ccc(C(=O)N(CCO)CCOC)cc1. The second kappa shape index (κ2) is 8.50. The van der Waals surface area contributed by atoms with Gasteiger partial charge in [-0.2, -0.15) is 0 Å². The van der Waals surface area contributed by atoms with Crippen molar-refractivity contribution in [3.05, 3.63) is 29.8 Å². The number of aliphatic hydroxyl groups is 1. The zero-order chi connectivity index (χ0) is 14.1. The van der Waals surface area contributed by atoms with Crippen LogP contribution in [-0.2, 0) is 4.74 Å². The molecule has 0 aliphatic heterocycles. The lowest BCUT2D eigenvalue weighted by Crippen LogP contribution is -2.36. The Morgan fingerprint density at radius 2 is 1.95 bits per heavy atom. The molecule has 1 amide bonds. The molecule has 0 aliphatic carbocycles. The zero-order valence-electron chi connectivity index (χ0n) is 11.5. The van der Waals surface area contributed by atoms with Crippen molar-refractivity contribution in [1.82, 2.24) is 4.90 Å². The number of amides is 1. The molecule has 0 heterocycles. The highest BCUT2D eigenvalue weighted by atomic mass is 16.5. The number of carbonyl (C=O) groups is 1. The van der Waals surface area contributed by atoms with Crippen LogP contribution in [-0.4, -0.2) is 55.9 Å². The topological polar surface area (TPSA) is 59.0 Å². The van der Waals surface area contributed by atoms with Gasteiger partial charge in [-0.15, -0.1) is 0 Å².